The smallest absolute Gasteiger partial charge is 0.220 e. The molecule has 84 heavy (non-hydrogen) atoms. The molecule has 0 aromatic carbocycles. The van der Waals surface area contributed by atoms with Crippen molar-refractivity contribution in [2.45, 2.75) is 383 Å². The van der Waals surface area contributed by atoms with E-state index >= 15 is 0 Å². The Kier molecular flexibility index (Phi) is 51.5. The van der Waals surface area contributed by atoms with Crippen LogP contribution in [-0.4, -0.2) is 140 Å². The third-order valence-corrected chi connectivity index (χ3v) is 17.3. The summed E-state index contributed by atoms with van der Waals surface area (Å²) in [4.78, 5) is 13.3. The highest BCUT2D eigenvalue weighted by molar-refractivity contribution is 5.76. The molecule has 2 heterocycles. The van der Waals surface area contributed by atoms with Gasteiger partial charge in [0, 0.05) is 6.42 Å². The lowest BCUT2D eigenvalue weighted by Crippen LogP contribution is -2.65. The first-order valence-electron chi connectivity index (χ1n) is 35.2. The molecular weight excluding hydrogens is 1060 g/mol. The number of hydrogen-bond donors (Lipinski definition) is 9. The molecule has 2 saturated heterocycles. The fourth-order valence-electron chi connectivity index (χ4n) is 11.7. The lowest BCUT2D eigenvalue weighted by Gasteiger charge is -2.46. The molecule has 2 fully saturated rings. The molecule has 12 atom stereocenters. The third-order valence-electron chi connectivity index (χ3n) is 17.3. The number of aliphatic hydroxyl groups is 8. The van der Waals surface area contributed by atoms with E-state index in [-0.39, 0.29) is 18.9 Å². The average molecular weight is 1190 g/mol. The maximum Gasteiger partial charge on any atom is 0.220 e. The average Bonchev–Trinajstić information content (AvgIpc) is 3.62. The van der Waals surface area contributed by atoms with Crippen LogP contribution in [0.15, 0.2) is 36.5 Å². The van der Waals surface area contributed by atoms with Crippen LogP contribution in [0, 0.1) is 0 Å². The maximum absolute atomic E-state index is 13.3. The van der Waals surface area contributed by atoms with Gasteiger partial charge in [-0.15, -0.1) is 0 Å². The first kappa shape index (κ1) is 78.3. The van der Waals surface area contributed by atoms with Crippen LogP contribution in [0.25, 0.3) is 0 Å². The van der Waals surface area contributed by atoms with Crippen LogP contribution in [0.5, 0.6) is 0 Å². The van der Waals surface area contributed by atoms with Gasteiger partial charge in [-0.2, -0.15) is 0 Å². The van der Waals surface area contributed by atoms with Crippen molar-refractivity contribution in [2.24, 2.45) is 0 Å². The number of carbonyl (C=O) groups is 1. The lowest BCUT2D eigenvalue weighted by molar-refractivity contribution is -0.359. The van der Waals surface area contributed by atoms with Gasteiger partial charge < -0.3 is 65.1 Å². The Balaban J connectivity index is 1.66. The normalized spacial score (nSPS) is 23.8. The zero-order chi connectivity index (χ0) is 60.9. The molecule has 14 heteroatoms. The second-order valence-electron chi connectivity index (χ2n) is 25.0. The van der Waals surface area contributed by atoms with Crippen molar-refractivity contribution in [2.75, 3.05) is 19.8 Å². The zero-order valence-electron chi connectivity index (χ0n) is 53.7. The van der Waals surface area contributed by atoms with Crippen molar-refractivity contribution in [1.82, 2.24) is 5.32 Å². The second-order valence-corrected chi connectivity index (χ2v) is 25.0. The molecule has 0 spiro atoms. The monoisotopic (exact) mass is 1190 g/mol. The third kappa shape index (κ3) is 39.3. The Hall–Kier alpha value is -1.79. The van der Waals surface area contributed by atoms with Crippen LogP contribution in [-0.2, 0) is 23.7 Å². The molecule has 1 amide bonds. The van der Waals surface area contributed by atoms with Crippen molar-refractivity contribution >= 4 is 5.91 Å². The van der Waals surface area contributed by atoms with Gasteiger partial charge >= 0.3 is 0 Å². The van der Waals surface area contributed by atoms with Gasteiger partial charge in [0.2, 0.25) is 5.91 Å². The van der Waals surface area contributed by atoms with Gasteiger partial charge in [0.1, 0.15) is 48.8 Å². The van der Waals surface area contributed by atoms with Crippen LogP contribution in [0.1, 0.15) is 309 Å². The van der Waals surface area contributed by atoms with Crippen LogP contribution in [0.2, 0.25) is 0 Å². The Morgan fingerprint density at radius 3 is 1.21 bits per heavy atom. The highest BCUT2D eigenvalue weighted by atomic mass is 16.7. The molecule has 14 nitrogen and oxygen atoms in total. The van der Waals surface area contributed by atoms with Crippen molar-refractivity contribution < 1.29 is 64.6 Å². The van der Waals surface area contributed by atoms with E-state index in [2.05, 4.69) is 43.5 Å². The van der Waals surface area contributed by atoms with Gasteiger partial charge in [0.15, 0.2) is 12.6 Å². The first-order valence-corrected chi connectivity index (χ1v) is 35.2. The van der Waals surface area contributed by atoms with E-state index < -0.39 is 86.8 Å². The fraction of sp³-hybridized carbons (Fsp3) is 0.900. The Bertz CT molecular complexity index is 1550. The van der Waals surface area contributed by atoms with E-state index in [1.54, 1.807) is 6.08 Å². The summed E-state index contributed by atoms with van der Waals surface area (Å²) in [5.41, 5.74) is 0. The summed E-state index contributed by atoms with van der Waals surface area (Å²) in [6, 6.07) is -0.918. The second kappa shape index (κ2) is 55.3. The van der Waals surface area contributed by atoms with E-state index in [1.165, 1.54) is 231 Å². The number of allylic oxidation sites excluding steroid dienone is 5. The summed E-state index contributed by atoms with van der Waals surface area (Å²) in [5.74, 6) is -0.240. The maximum atomic E-state index is 13.3. The standard InChI is InChI=1S/C70H131NO13/c1-3-5-7-9-11-13-15-17-19-21-23-24-25-26-27-28-29-30-31-32-33-34-36-37-39-41-43-45-47-49-51-53-59(74)58(71-62(75)54-52-50-48-46-44-42-40-38-35-22-20-18-16-14-12-10-8-6-4-2)57-81-69-67(80)65(78)68(61(56-73)83-69)84-70-66(79)64(77)63(76)60(55-72)82-70/h12,14,18,20,51,53,58-61,63-70,72-74,76-80H,3-11,13,15-17,19,21-50,52,54-57H2,1-2H3,(H,71,75)/b14-12-,20-18-,53-51+. The van der Waals surface area contributed by atoms with E-state index in [0.29, 0.717) is 6.42 Å². The number of rotatable bonds is 58. The molecular formula is C70H131NO13. The number of nitrogens with one attached hydrogen (secondary N) is 1. The van der Waals surface area contributed by atoms with Gasteiger partial charge in [-0.3, -0.25) is 4.79 Å². The summed E-state index contributed by atoms with van der Waals surface area (Å²) in [6.45, 7) is 2.81. The quantitative estimate of drug-likeness (QED) is 0.0204. The molecule has 12 unspecified atom stereocenters. The molecule has 2 aliphatic heterocycles. The zero-order valence-corrected chi connectivity index (χ0v) is 53.7. The number of hydrogen-bond acceptors (Lipinski definition) is 13. The SMILES string of the molecule is CCCCC/C=C\C/C=C\CCCCCCCCCCCC(=O)NC(COC1OC(CO)C(OC2OC(CO)C(O)C(O)C2O)C(O)C1O)C(O)/C=C/CCCCCCCCCCCCCCCCCCCCCCCCCCCCCCC. The number of unbranched alkanes of at least 4 members (excludes halogenated alkanes) is 41. The number of amides is 1. The number of aliphatic hydroxyl groups excluding tert-OH is 8. The van der Waals surface area contributed by atoms with Gasteiger partial charge in [-0.05, 0) is 51.4 Å². The first-order chi connectivity index (χ1) is 41.1. The van der Waals surface area contributed by atoms with Gasteiger partial charge in [-0.1, -0.05) is 288 Å². The van der Waals surface area contributed by atoms with Crippen LogP contribution in [0.4, 0.5) is 0 Å². The van der Waals surface area contributed by atoms with Crippen LogP contribution >= 0.6 is 0 Å². The molecule has 0 bridgehead atoms. The summed E-state index contributed by atoms with van der Waals surface area (Å²) in [6.07, 6.45) is 53.5. The fourth-order valence-corrected chi connectivity index (χ4v) is 11.7. The minimum absolute atomic E-state index is 0.240. The highest BCUT2D eigenvalue weighted by Crippen LogP contribution is 2.30. The molecule has 2 aliphatic rings. The summed E-state index contributed by atoms with van der Waals surface area (Å²) < 4.78 is 22.9. The molecule has 0 aromatic rings. The minimum atomic E-state index is -1.79. The van der Waals surface area contributed by atoms with Crippen molar-refractivity contribution in [3.63, 3.8) is 0 Å². The van der Waals surface area contributed by atoms with E-state index in [9.17, 15) is 45.6 Å². The minimum Gasteiger partial charge on any atom is -0.394 e. The Morgan fingerprint density at radius 1 is 0.429 bits per heavy atom. The molecule has 2 rings (SSSR count). The molecule has 494 valence electrons. The molecule has 9 N–H and O–H groups in total. The topological polar surface area (TPSA) is 228 Å². The van der Waals surface area contributed by atoms with Crippen molar-refractivity contribution in [1.29, 1.82) is 0 Å². The van der Waals surface area contributed by atoms with Crippen molar-refractivity contribution in [3.8, 4) is 0 Å². The lowest BCUT2D eigenvalue weighted by atomic mass is 9.97. The molecule has 0 aliphatic carbocycles. The Morgan fingerprint density at radius 2 is 0.786 bits per heavy atom. The van der Waals surface area contributed by atoms with Crippen LogP contribution in [0.3, 0.4) is 0 Å². The molecule has 0 saturated carbocycles. The van der Waals surface area contributed by atoms with E-state index in [0.717, 1.165) is 51.4 Å². The van der Waals surface area contributed by atoms with Crippen molar-refractivity contribution in [3.05, 3.63) is 36.5 Å². The number of ether oxygens (including phenoxy) is 4. The molecule has 0 radical (unpaired) electrons. The van der Waals surface area contributed by atoms with Crippen LogP contribution < -0.4 is 5.32 Å². The predicted octanol–water partition coefficient (Wildman–Crippen LogP) is 14.1. The summed E-state index contributed by atoms with van der Waals surface area (Å²) >= 11 is 0. The predicted molar refractivity (Wildman–Crippen MR) is 341 cm³/mol. The highest BCUT2D eigenvalue weighted by Gasteiger charge is 2.51. The van der Waals surface area contributed by atoms with E-state index in [1.807, 2.05) is 6.08 Å². The Labute approximate surface area is 512 Å². The number of carbonyl (C=O) groups excluding carboxylic acids is 1. The summed E-state index contributed by atoms with van der Waals surface area (Å²) in [7, 11) is 0. The largest absolute Gasteiger partial charge is 0.394 e. The van der Waals surface area contributed by atoms with E-state index in [4.69, 9.17) is 18.9 Å². The van der Waals surface area contributed by atoms with Gasteiger partial charge in [0.05, 0.1) is 32.0 Å². The van der Waals surface area contributed by atoms with Gasteiger partial charge in [-0.25, -0.2) is 0 Å². The summed E-state index contributed by atoms with van der Waals surface area (Å²) in [5, 5.41) is 87.4. The van der Waals surface area contributed by atoms with Gasteiger partial charge in [0.25, 0.3) is 0 Å². The molecule has 0 aromatic heterocycles.